The van der Waals surface area contributed by atoms with E-state index in [0.29, 0.717) is 32.1 Å². The molecule has 0 unspecified atom stereocenters. The van der Waals surface area contributed by atoms with E-state index in [9.17, 15) is 8.42 Å². The molecule has 0 bridgehead atoms. The third-order valence-corrected chi connectivity index (χ3v) is 7.63. The van der Waals surface area contributed by atoms with E-state index in [0.717, 1.165) is 30.1 Å². The minimum absolute atomic E-state index is 0.156. The van der Waals surface area contributed by atoms with Crippen LogP contribution in [0.25, 0.3) is 5.65 Å². The molecule has 0 N–H and O–H groups in total. The van der Waals surface area contributed by atoms with Crippen LogP contribution >= 0.6 is 11.6 Å². The van der Waals surface area contributed by atoms with E-state index in [4.69, 9.17) is 16.7 Å². The molecule has 1 saturated carbocycles. The summed E-state index contributed by atoms with van der Waals surface area (Å²) in [4.78, 5) is 2.25. The number of benzene rings is 1. The van der Waals surface area contributed by atoms with E-state index in [1.54, 1.807) is 24.3 Å². The van der Waals surface area contributed by atoms with Crippen LogP contribution in [0.3, 0.4) is 0 Å². The second kappa shape index (κ2) is 6.68. The molecule has 3 aromatic rings. The molecule has 1 aromatic carbocycles. The zero-order chi connectivity index (χ0) is 19.3. The van der Waals surface area contributed by atoms with Gasteiger partial charge in [-0.2, -0.15) is 8.82 Å². The molecule has 1 saturated heterocycles. The molecule has 8 nitrogen and oxygen atoms in total. The summed E-state index contributed by atoms with van der Waals surface area (Å²) in [5, 5.41) is 13.4. The number of fused-ring (bicyclic) bond motifs is 1. The van der Waals surface area contributed by atoms with Gasteiger partial charge in [0.25, 0.3) is 0 Å². The summed E-state index contributed by atoms with van der Waals surface area (Å²) in [7, 11) is -3.60. The highest BCUT2D eigenvalue weighted by Gasteiger charge is 2.32. The number of aromatic nitrogens is 4. The van der Waals surface area contributed by atoms with Crippen molar-refractivity contribution in [1.82, 2.24) is 24.1 Å². The molecule has 0 spiro atoms. The first kappa shape index (κ1) is 17.8. The fourth-order valence-electron chi connectivity index (χ4n) is 3.51. The first-order chi connectivity index (χ1) is 13.5. The van der Waals surface area contributed by atoms with Crippen LogP contribution in [0.1, 0.15) is 24.6 Å². The SMILES string of the molecule is O=S(=O)(c1ccccc1Cl)N1CCN(c2ccc3nnc(C4CC4)n3n2)CC1. The van der Waals surface area contributed by atoms with Crippen molar-refractivity contribution in [2.75, 3.05) is 31.1 Å². The summed E-state index contributed by atoms with van der Waals surface area (Å²) in [5.41, 5.74) is 0.741. The first-order valence-electron chi connectivity index (χ1n) is 9.26. The zero-order valence-corrected chi connectivity index (χ0v) is 16.6. The highest BCUT2D eigenvalue weighted by molar-refractivity contribution is 7.89. The van der Waals surface area contributed by atoms with Crippen molar-refractivity contribution < 1.29 is 8.42 Å². The Kier molecular flexibility index (Phi) is 4.26. The molecule has 2 aliphatic rings. The maximum atomic E-state index is 12.9. The Morgan fingerprint density at radius 2 is 1.71 bits per heavy atom. The minimum Gasteiger partial charge on any atom is -0.353 e. The molecule has 1 aliphatic carbocycles. The Morgan fingerprint density at radius 1 is 0.964 bits per heavy atom. The number of anilines is 1. The number of hydrogen-bond acceptors (Lipinski definition) is 6. The fraction of sp³-hybridized carbons (Fsp3) is 0.389. The number of nitrogens with zero attached hydrogens (tertiary/aromatic N) is 6. The van der Waals surface area contributed by atoms with Crippen LogP contribution in [-0.2, 0) is 10.0 Å². The highest BCUT2D eigenvalue weighted by atomic mass is 35.5. The Balaban J connectivity index is 1.35. The summed E-state index contributed by atoms with van der Waals surface area (Å²) in [6, 6.07) is 10.4. The van der Waals surface area contributed by atoms with Crippen molar-refractivity contribution >= 4 is 33.1 Å². The van der Waals surface area contributed by atoms with E-state index < -0.39 is 10.0 Å². The molecule has 28 heavy (non-hydrogen) atoms. The summed E-state index contributed by atoms with van der Waals surface area (Å²) < 4.78 is 29.1. The minimum atomic E-state index is -3.60. The van der Waals surface area contributed by atoms with Gasteiger partial charge >= 0.3 is 0 Å². The van der Waals surface area contributed by atoms with Crippen molar-refractivity contribution in [3.8, 4) is 0 Å². The van der Waals surface area contributed by atoms with Gasteiger partial charge in [0.1, 0.15) is 10.7 Å². The summed E-state index contributed by atoms with van der Waals surface area (Å²) >= 11 is 6.10. The lowest BCUT2D eigenvalue weighted by atomic mass is 10.3. The largest absolute Gasteiger partial charge is 0.353 e. The number of hydrogen-bond donors (Lipinski definition) is 0. The van der Waals surface area contributed by atoms with Crippen LogP contribution in [0.5, 0.6) is 0 Å². The van der Waals surface area contributed by atoms with E-state index >= 15 is 0 Å². The fourth-order valence-corrected chi connectivity index (χ4v) is 5.43. The van der Waals surface area contributed by atoms with Gasteiger partial charge in [0.15, 0.2) is 11.5 Å². The second-order valence-corrected chi connectivity index (χ2v) is 9.43. The molecular weight excluding hydrogens is 400 g/mol. The van der Waals surface area contributed by atoms with Crippen LogP contribution in [0.2, 0.25) is 5.02 Å². The third-order valence-electron chi connectivity index (χ3n) is 5.23. The van der Waals surface area contributed by atoms with Gasteiger partial charge in [0.2, 0.25) is 10.0 Å². The molecule has 3 heterocycles. The maximum absolute atomic E-state index is 12.9. The second-order valence-electron chi connectivity index (χ2n) is 7.12. The van der Waals surface area contributed by atoms with Crippen LogP contribution in [0.4, 0.5) is 5.82 Å². The highest BCUT2D eigenvalue weighted by Crippen LogP contribution is 2.38. The van der Waals surface area contributed by atoms with Crippen molar-refractivity contribution in [2.45, 2.75) is 23.7 Å². The van der Waals surface area contributed by atoms with Gasteiger partial charge < -0.3 is 4.90 Å². The molecule has 2 fully saturated rings. The molecule has 5 rings (SSSR count). The zero-order valence-electron chi connectivity index (χ0n) is 15.1. The molecule has 10 heteroatoms. The number of rotatable bonds is 4. The molecule has 2 aromatic heterocycles. The first-order valence-corrected chi connectivity index (χ1v) is 11.1. The number of sulfonamides is 1. The smallest absolute Gasteiger partial charge is 0.244 e. The van der Waals surface area contributed by atoms with Crippen molar-refractivity contribution in [2.24, 2.45) is 0 Å². The quantitative estimate of drug-likeness (QED) is 0.645. The van der Waals surface area contributed by atoms with Crippen molar-refractivity contribution in [1.29, 1.82) is 0 Å². The van der Waals surface area contributed by atoms with Gasteiger partial charge in [0, 0.05) is 32.1 Å². The van der Waals surface area contributed by atoms with Gasteiger partial charge in [-0.1, -0.05) is 23.7 Å². The molecule has 0 atom stereocenters. The average molecular weight is 419 g/mol. The van der Waals surface area contributed by atoms with Gasteiger partial charge in [-0.3, -0.25) is 0 Å². The summed E-state index contributed by atoms with van der Waals surface area (Å²) in [5.74, 6) is 2.18. The molecular formula is C18H19ClN6O2S. The monoisotopic (exact) mass is 418 g/mol. The normalized spacial score (nSPS) is 18.7. The summed E-state index contributed by atoms with van der Waals surface area (Å²) in [6.07, 6.45) is 2.26. The van der Waals surface area contributed by atoms with Crippen molar-refractivity contribution in [3.63, 3.8) is 0 Å². The maximum Gasteiger partial charge on any atom is 0.244 e. The summed E-state index contributed by atoms with van der Waals surface area (Å²) in [6.45, 7) is 1.88. The van der Waals surface area contributed by atoms with Gasteiger partial charge in [0.05, 0.1) is 5.02 Å². The number of piperazine rings is 1. The van der Waals surface area contributed by atoms with E-state index in [2.05, 4.69) is 15.1 Å². The van der Waals surface area contributed by atoms with Crippen molar-refractivity contribution in [3.05, 3.63) is 47.2 Å². The van der Waals surface area contributed by atoms with E-state index in [-0.39, 0.29) is 9.92 Å². The van der Waals surface area contributed by atoms with Crippen LogP contribution in [-0.4, -0.2) is 58.7 Å². The van der Waals surface area contributed by atoms with Crippen LogP contribution in [0, 0.1) is 0 Å². The van der Waals surface area contributed by atoms with Gasteiger partial charge in [-0.15, -0.1) is 15.3 Å². The Bertz CT molecular complexity index is 1140. The standard InChI is InChI=1S/C18H19ClN6O2S/c19-14-3-1-2-4-15(14)28(26,27)24-11-9-23(10-12-24)17-8-7-16-20-21-18(13-5-6-13)25(16)22-17/h1-4,7-8,13H,5-6,9-12H2. The van der Waals surface area contributed by atoms with E-state index in [1.165, 1.54) is 4.31 Å². The lowest BCUT2D eigenvalue weighted by Crippen LogP contribution is -2.49. The molecule has 1 aliphatic heterocycles. The van der Waals surface area contributed by atoms with Crippen LogP contribution in [0.15, 0.2) is 41.3 Å². The van der Waals surface area contributed by atoms with E-state index in [1.807, 2.05) is 16.6 Å². The predicted molar refractivity (Wildman–Crippen MR) is 105 cm³/mol. The Morgan fingerprint density at radius 3 is 2.43 bits per heavy atom. The number of halogens is 1. The average Bonchev–Trinajstić information content (AvgIpc) is 3.47. The van der Waals surface area contributed by atoms with Crippen LogP contribution < -0.4 is 4.90 Å². The molecule has 146 valence electrons. The predicted octanol–water partition coefficient (Wildman–Crippen LogP) is 2.17. The topological polar surface area (TPSA) is 83.7 Å². The Hall–Kier alpha value is -2.23. The van der Waals surface area contributed by atoms with Gasteiger partial charge in [-0.05, 0) is 37.1 Å². The molecule has 0 amide bonds. The molecule has 0 radical (unpaired) electrons. The Labute approximate surface area is 167 Å². The lowest BCUT2D eigenvalue weighted by Gasteiger charge is -2.34. The third kappa shape index (κ3) is 3.03. The lowest BCUT2D eigenvalue weighted by molar-refractivity contribution is 0.383. The van der Waals surface area contributed by atoms with Gasteiger partial charge in [-0.25, -0.2) is 8.42 Å².